The van der Waals surface area contributed by atoms with Crippen LogP contribution in [0.25, 0.3) is 0 Å². The van der Waals surface area contributed by atoms with Crippen LogP contribution in [0.5, 0.6) is 0 Å². The minimum atomic E-state index is -1.80. The lowest BCUT2D eigenvalue weighted by atomic mass is 9.65. The standard InChI is InChI=1S/C33H61NO10/c1-14-25-33(10,38)28(35)21(5)27(34-42-17-39-11)18(2)15-31(8,40-12)22(6)19(3)26(20(4)30(37)44-25)24-16-32(9,41-13)29(36)23(7)43-24/h18-26,28-29,35-36,38H,14-17H2,1-13H3/b34-27+/t18-,19-,20-,21+,22-,23+,24-,25-,26?,28-,29+,31-,32-,33-/m1/s1. The Labute approximate surface area is 264 Å². The molecule has 258 valence electrons. The highest BCUT2D eigenvalue weighted by Crippen LogP contribution is 2.46. The second-order valence-electron chi connectivity index (χ2n) is 14.0. The molecule has 2 rings (SSSR count). The largest absolute Gasteiger partial charge is 0.459 e. The van der Waals surface area contributed by atoms with Crippen molar-refractivity contribution in [1.29, 1.82) is 0 Å². The molecule has 11 nitrogen and oxygen atoms in total. The van der Waals surface area contributed by atoms with Crippen LogP contribution in [0, 0.1) is 35.5 Å². The smallest absolute Gasteiger partial charge is 0.309 e. The molecule has 2 aliphatic rings. The van der Waals surface area contributed by atoms with Gasteiger partial charge in [-0.15, -0.1) is 0 Å². The summed E-state index contributed by atoms with van der Waals surface area (Å²) in [7, 11) is 4.75. The fourth-order valence-corrected chi connectivity index (χ4v) is 7.67. The van der Waals surface area contributed by atoms with Crippen LogP contribution >= 0.6 is 0 Å². The number of rotatable bonds is 7. The molecule has 3 N–H and O–H groups in total. The molecule has 2 fully saturated rings. The Morgan fingerprint density at radius 3 is 2.02 bits per heavy atom. The molecule has 0 bridgehead atoms. The summed E-state index contributed by atoms with van der Waals surface area (Å²) in [5.74, 6) is -2.61. The van der Waals surface area contributed by atoms with Crippen LogP contribution in [0.15, 0.2) is 5.16 Å². The monoisotopic (exact) mass is 631 g/mol. The number of carbonyl (C=O) groups excluding carboxylic acids is 1. The van der Waals surface area contributed by atoms with E-state index in [1.165, 1.54) is 14.0 Å². The fraction of sp³-hybridized carbons (Fsp3) is 0.939. The van der Waals surface area contributed by atoms with Crippen LogP contribution in [0.4, 0.5) is 0 Å². The summed E-state index contributed by atoms with van der Waals surface area (Å²) in [6.45, 7) is 18.8. The van der Waals surface area contributed by atoms with Crippen molar-refractivity contribution < 1.29 is 48.6 Å². The van der Waals surface area contributed by atoms with E-state index in [4.69, 9.17) is 28.5 Å². The molecular formula is C33H61NO10. The van der Waals surface area contributed by atoms with E-state index in [-0.39, 0.29) is 36.9 Å². The van der Waals surface area contributed by atoms with E-state index >= 15 is 0 Å². The maximum Gasteiger partial charge on any atom is 0.309 e. The summed E-state index contributed by atoms with van der Waals surface area (Å²) < 4.78 is 29.6. The first-order chi connectivity index (χ1) is 20.4. The first kappa shape index (κ1) is 38.8. The number of oxime groups is 1. The van der Waals surface area contributed by atoms with Gasteiger partial charge in [-0.05, 0) is 52.4 Å². The lowest BCUT2D eigenvalue weighted by Crippen LogP contribution is -2.60. The van der Waals surface area contributed by atoms with Crippen molar-refractivity contribution in [1.82, 2.24) is 0 Å². The third-order valence-corrected chi connectivity index (χ3v) is 11.1. The van der Waals surface area contributed by atoms with Crippen molar-refractivity contribution in [2.75, 3.05) is 28.1 Å². The van der Waals surface area contributed by atoms with Crippen molar-refractivity contribution in [2.45, 2.75) is 136 Å². The first-order valence-corrected chi connectivity index (χ1v) is 16.1. The van der Waals surface area contributed by atoms with Crippen molar-refractivity contribution in [2.24, 2.45) is 40.7 Å². The summed E-state index contributed by atoms with van der Waals surface area (Å²) in [4.78, 5) is 19.4. The number of nitrogens with zero attached hydrogens (tertiary/aromatic N) is 1. The molecular weight excluding hydrogens is 570 g/mol. The van der Waals surface area contributed by atoms with Gasteiger partial charge in [-0.25, -0.2) is 0 Å². The summed E-state index contributed by atoms with van der Waals surface area (Å²) >= 11 is 0. The minimum absolute atomic E-state index is 0.0753. The molecule has 1 unspecified atom stereocenters. The fourth-order valence-electron chi connectivity index (χ4n) is 7.67. The Morgan fingerprint density at radius 2 is 1.50 bits per heavy atom. The van der Waals surface area contributed by atoms with Crippen LogP contribution < -0.4 is 0 Å². The topological polar surface area (TPSA) is 146 Å². The van der Waals surface area contributed by atoms with Gasteiger partial charge >= 0.3 is 5.97 Å². The van der Waals surface area contributed by atoms with Crippen LogP contribution in [-0.2, 0) is 33.3 Å². The molecule has 2 heterocycles. The number of carbonyl (C=O) groups is 1. The summed E-state index contributed by atoms with van der Waals surface area (Å²) in [6, 6.07) is 0. The van der Waals surface area contributed by atoms with E-state index < -0.39 is 65.1 Å². The molecule has 0 radical (unpaired) electrons. The first-order valence-electron chi connectivity index (χ1n) is 16.1. The normalized spacial score (nSPS) is 47.6. The number of hydrogen-bond acceptors (Lipinski definition) is 11. The molecule has 0 aromatic heterocycles. The molecule has 11 heteroatoms. The highest BCUT2D eigenvalue weighted by molar-refractivity contribution is 5.88. The lowest BCUT2D eigenvalue weighted by Gasteiger charge is -2.51. The average Bonchev–Trinajstić information content (AvgIpc) is 2.98. The number of ether oxygens (including phenoxy) is 5. The van der Waals surface area contributed by atoms with E-state index in [2.05, 4.69) is 19.0 Å². The van der Waals surface area contributed by atoms with Gasteiger partial charge in [-0.3, -0.25) is 4.79 Å². The van der Waals surface area contributed by atoms with E-state index in [1.807, 2.05) is 34.6 Å². The molecule has 0 aliphatic carbocycles. The van der Waals surface area contributed by atoms with E-state index in [0.717, 1.165) is 0 Å². The Kier molecular flexibility index (Phi) is 13.7. The summed E-state index contributed by atoms with van der Waals surface area (Å²) in [5.41, 5.74) is -2.84. The molecule has 0 spiro atoms. The lowest BCUT2D eigenvalue weighted by molar-refractivity contribution is -0.236. The zero-order chi connectivity index (χ0) is 33.8. The molecule has 0 amide bonds. The Bertz CT molecular complexity index is 961. The third-order valence-electron chi connectivity index (χ3n) is 11.1. The van der Waals surface area contributed by atoms with Crippen molar-refractivity contribution in [3.63, 3.8) is 0 Å². The molecule has 2 aliphatic heterocycles. The highest BCUT2D eigenvalue weighted by Gasteiger charge is 2.53. The molecule has 14 atom stereocenters. The molecule has 44 heavy (non-hydrogen) atoms. The van der Waals surface area contributed by atoms with Gasteiger partial charge in [0.1, 0.15) is 17.8 Å². The van der Waals surface area contributed by atoms with E-state index in [0.29, 0.717) is 18.6 Å². The Balaban J connectivity index is 2.74. The zero-order valence-corrected chi connectivity index (χ0v) is 29.3. The van der Waals surface area contributed by atoms with E-state index in [9.17, 15) is 20.1 Å². The second kappa shape index (κ2) is 15.5. The average molecular weight is 632 g/mol. The maximum atomic E-state index is 14.0. The molecule has 0 aromatic carbocycles. The van der Waals surface area contributed by atoms with Crippen LogP contribution in [-0.4, -0.2) is 102 Å². The van der Waals surface area contributed by atoms with Crippen LogP contribution in [0.2, 0.25) is 0 Å². The molecule has 0 saturated carbocycles. The number of aliphatic hydroxyl groups excluding tert-OH is 2. The number of cyclic esters (lactones) is 1. The second-order valence-corrected chi connectivity index (χ2v) is 14.0. The molecule has 0 aromatic rings. The van der Waals surface area contributed by atoms with Crippen LogP contribution in [0.1, 0.15) is 88.5 Å². The van der Waals surface area contributed by atoms with Crippen molar-refractivity contribution >= 4 is 11.7 Å². The predicted molar refractivity (Wildman–Crippen MR) is 167 cm³/mol. The Morgan fingerprint density at radius 1 is 0.909 bits per heavy atom. The van der Waals surface area contributed by atoms with Gasteiger partial charge < -0.3 is 43.8 Å². The quantitative estimate of drug-likeness (QED) is 0.163. The van der Waals surface area contributed by atoms with Gasteiger partial charge in [0.2, 0.25) is 6.79 Å². The number of methoxy groups -OCH3 is 3. The van der Waals surface area contributed by atoms with Gasteiger partial charge in [0, 0.05) is 45.5 Å². The van der Waals surface area contributed by atoms with Gasteiger partial charge in [0.05, 0.1) is 41.1 Å². The van der Waals surface area contributed by atoms with Crippen molar-refractivity contribution in [3.8, 4) is 0 Å². The number of aliphatic hydroxyl groups is 3. The van der Waals surface area contributed by atoms with E-state index in [1.54, 1.807) is 28.1 Å². The predicted octanol–water partition coefficient (Wildman–Crippen LogP) is 3.95. The third kappa shape index (κ3) is 7.96. The van der Waals surface area contributed by atoms with Crippen molar-refractivity contribution in [3.05, 3.63) is 0 Å². The van der Waals surface area contributed by atoms with Gasteiger partial charge in [-0.2, -0.15) is 0 Å². The van der Waals surface area contributed by atoms with Crippen LogP contribution in [0.3, 0.4) is 0 Å². The number of hydrogen-bond donors (Lipinski definition) is 3. The maximum absolute atomic E-state index is 14.0. The zero-order valence-electron chi connectivity index (χ0n) is 29.3. The van der Waals surface area contributed by atoms with Gasteiger partial charge in [-0.1, -0.05) is 46.7 Å². The highest BCUT2D eigenvalue weighted by atomic mass is 16.7. The van der Waals surface area contributed by atoms with Gasteiger partial charge in [0.15, 0.2) is 0 Å². The summed E-state index contributed by atoms with van der Waals surface area (Å²) in [5, 5.41) is 38.6. The number of esters is 1. The minimum Gasteiger partial charge on any atom is -0.459 e. The molecule has 2 saturated heterocycles. The Hall–Kier alpha value is -1.34. The SMILES string of the molecule is CC[C@H]1OC(=O)[C@H](C)C([C@H]2C[C@@](C)(OC)[C@@H](O)[C@H](C)O2)[C@H](C)[C@@H](C)[C@](C)(OC)C[C@@H](C)/C(=N\OCOC)[C@H](C)[C@@H](O)[C@]1(C)O. The van der Waals surface area contributed by atoms with Gasteiger partial charge in [0.25, 0.3) is 0 Å². The summed E-state index contributed by atoms with van der Waals surface area (Å²) in [6.07, 6.45) is -2.99.